The van der Waals surface area contributed by atoms with Gasteiger partial charge in [-0.3, -0.25) is 4.79 Å². The van der Waals surface area contributed by atoms with Crippen molar-refractivity contribution in [2.24, 2.45) is 5.73 Å². The van der Waals surface area contributed by atoms with Crippen LogP contribution in [0.4, 0.5) is 0 Å². The van der Waals surface area contributed by atoms with Gasteiger partial charge < -0.3 is 20.1 Å². The number of carbonyl (C=O) groups excluding carboxylic acids is 1. The molecule has 2 heterocycles. The van der Waals surface area contributed by atoms with Crippen molar-refractivity contribution in [3.8, 4) is 5.75 Å². The smallest absolute Gasteiger partial charge is 0.264 e. The van der Waals surface area contributed by atoms with Crippen molar-refractivity contribution in [2.75, 3.05) is 33.4 Å². The third-order valence-corrected chi connectivity index (χ3v) is 4.35. The third kappa shape index (κ3) is 3.94. The minimum absolute atomic E-state index is 0.0960. The zero-order chi connectivity index (χ0) is 14.4. The maximum absolute atomic E-state index is 12.3. The molecule has 1 amide bonds. The van der Waals surface area contributed by atoms with Crippen LogP contribution < -0.4 is 10.5 Å². The lowest BCUT2D eigenvalue weighted by Crippen LogP contribution is -2.40. The van der Waals surface area contributed by atoms with E-state index in [-0.39, 0.29) is 12.0 Å². The van der Waals surface area contributed by atoms with Crippen molar-refractivity contribution in [3.05, 3.63) is 16.3 Å². The van der Waals surface area contributed by atoms with Crippen molar-refractivity contribution in [1.29, 1.82) is 0 Å². The van der Waals surface area contributed by atoms with Crippen LogP contribution in [0.1, 0.15) is 28.9 Å². The standard InChI is InChI=1S/C14H22N2O3S/c1-18-12-9-13(20-10-12)14(17)16-6-3-11(4-7-16)19-8-2-5-15/h9-11H,2-8,15H2,1H3. The molecule has 1 aromatic rings. The van der Waals surface area contributed by atoms with Crippen LogP contribution in [0.15, 0.2) is 11.4 Å². The Hall–Kier alpha value is -1.11. The highest BCUT2D eigenvalue weighted by Gasteiger charge is 2.24. The molecule has 0 unspecified atom stereocenters. The maximum atomic E-state index is 12.3. The normalized spacial score (nSPS) is 16.4. The highest BCUT2D eigenvalue weighted by atomic mass is 32.1. The van der Waals surface area contributed by atoms with Crippen molar-refractivity contribution in [2.45, 2.75) is 25.4 Å². The minimum Gasteiger partial charge on any atom is -0.496 e. The Labute approximate surface area is 123 Å². The van der Waals surface area contributed by atoms with Gasteiger partial charge in [0.15, 0.2) is 0 Å². The fourth-order valence-corrected chi connectivity index (χ4v) is 3.07. The summed E-state index contributed by atoms with van der Waals surface area (Å²) in [5.74, 6) is 0.845. The third-order valence-electron chi connectivity index (χ3n) is 3.45. The highest BCUT2D eigenvalue weighted by Crippen LogP contribution is 2.24. The first-order valence-electron chi connectivity index (χ1n) is 6.98. The van der Waals surface area contributed by atoms with Gasteiger partial charge >= 0.3 is 0 Å². The van der Waals surface area contributed by atoms with Crippen LogP contribution in [0.2, 0.25) is 0 Å². The first-order valence-corrected chi connectivity index (χ1v) is 7.86. The van der Waals surface area contributed by atoms with Gasteiger partial charge in [-0.1, -0.05) is 0 Å². The highest BCUT2D eigenvalue weighted by molar-refractivity contribution is 7.12. The minimum atomic E-state index is 0.0960. The molecule has 6 heteroatoms. The molecule has 1 fully saturated rings. The van der Waals surface area contributed by atoms with E-state index >= 15 is 0 Å². The zero-order valence-corrected chi connectivity index (χ0v) is 12.7. The molecule has 2 rings (SSSR count). The van der Waals surface area contributed by atoms with Gasteiger partial charge in [-0.2, -0.15) is 0 Å². The van der Waals surface area contributed by atoms with E-state index in [9.17, 15) is 4.79 Å². The zero-order valence-electron chi connectivity index (χ0n) is 11.8. The number of amides is 1. The van der Waals surface area contributed by atoms with Gasteiger partial charge in [0.1, 0.15) is 5.75 Å². The molecule has 0 atom stereocenters. The number of carbonyl (C=O) groups is 1. The second-order valence-electron chi connectivity index (χ2n) is 4.86. The van der Waals surface area contributed by atoms with Gasteiger partial charge in [-0.15, -0.1) is 11.3 Å². The van der Waals surface area contributed by atoms with E-state index in [1.165, 1.54) is 11.3 Å². The predicted molar refractivity (Wildman–Crippen MR) is 79.4 cm³/mol. The molecule has 5 nitrogen and oxygen atoms in total. The summed E-state index contributed by atoms with van der Waals surface area (Å²) in [6, 6.07) is 1.80. The van der Waals surface area contributed by atoms with Gasteiger partial charge in [0.2, 0.25) is 0 Å². The van der Waals surface area contributed by atoms with Crippen LogP contribution in [0.25, 0.3) is 0 Å². The van der Waals surface area contributed by atoms with E-state index in [0.717, 1.165) is 49.6 Å². The van der Waals surface area contributed by atoms with Crippen molar-refractivity contribution < 1.29 is 14.3 Å². The predicted octanol–water partition coefficient (Wildman–Crippen LogP) is 1.73. The number of nitrogens with zero attached hydrogens (tertiary/aromatic N) is 1. The molecule has 0 aliphatic carbocycles. The lowest BCUT2D eigenvalue weighted by atomic mass is 10.1. The van der Waals surface area contributed by atoms with Crippen LogP contribution in [-0.2, 0) is 4.74 Å². The summed E-state index contributed by atoms with van der Waals surface area (Å²) in [5, 5.41) is 1.86. The molecule has 1 aromatic heterocycles. The van der Waals surface area contributed by atoms with E-state index < -0.39 is 0 Å². The molecular weight excluding hydrogens is 276 g/mol. The number of hydrogen-bond acceptors (Lipinski definition) is 5. The summed E-state index contributed by atoms with van der Waals surface area (Å²) in [6.07, 6.45) is 2.97. The number of ether oxygens (including phenoxy) is 2. The van der Waals surface area contributed by atoms with Crippen LogP contribution in [0.5, 0.6) is 5.75 Å². The van der Waals surface area contributed by atoms with Crippen molar-refractivity contribution in [1.82, 2.24) is 4.90 Å². The number of hydrogen-bond donors (Lipinski definition) is 1. The van der Waals surface area contributed by atoms with Crippen LogP contribution in [0, 0.1) is 0 Å². The SMILES string of the molecule is COc1csc(C(=O)N2CCC(OCCCN)CC2)c1. The molecule has 1 aliphatic rings. The molecular formula is C14H22N2O3S. The fraction of sp³-hybridized carbons (Fsp3) is 0.643. The monoisotopic (exact) mass is 298 g/mol. The molecule has 112 valence electrons. The largest absolute Gasteiger partial charge is 0.496 e. The molecule has 1 saturated heterocycles. The number of likely N-dealkylation sites (tertiary alicyclic amines) is 1. The summed E-state index contributed by atoms with van der Waals surface area (Å²) in [4.78, 5) is 15.0. The Bertz CT molecular complexity index is 428. The van der Waals surface area contributed by atoms with E-state index in [1.807, 2.05) is 10.3 Å². The molecule has 0 saturated carbocycles. The second kappa shape index (κ2) is 7.61. The number of nitrogens with two attached hydrogens (primary N) is 1. The van der Waals surface area contributed by atoms with Gasteiger partial charge in [0.25, 0.3) is 5.91 Å². The Kier molecular flexibility index (Phi) is 5.82. The summed E-state index contributed by atoms with van der Waals surface area (Å²) < 4.78 is 10.9. The summed E-state index contributed by atoms with van der Waals surface area (Å²) in [6.45, 7) is 2.90. The van der Waals surface area contributed by atoms with Crippen molar-refractivity contribution >= 4 is 17.2 Å². The van der Waals surface area contributed by atoms with Gasteiger partial charge in [0.05, 0.1) is 18.1 Å². The lowest BCUT2D eigenvalue weighted by molar-refractivity contribution is 0.00857. The number of thiophene rings is 1. The second-order valence-corrected chi connectivity index (χ2v) is 5.77. The van der Waals surface area contributed by atoms with E-state index in [0.29, 0.717) is 6.54 Å². The summed E-state index contributed by atoms with van der Waals surface area (Å²) in [7, 11) is 1.61. The van der Waals surface area contributed by atoms with Gasteiger partial charge in [-0.25, -0.2) is 0 Å². The van der Waals surface area contributed by atoms with E-state index in [2.05, 4.69) is 0 Å². The first-order chi connectivity index (χ1) is 9.74. The quantitative estimate of drug-likeness (QED) is 0.812. The molecule has 20 heavy (non-hydrogen) atoms. The maximum Gasteiger partial charge on any atom is 0.264 e. The summed E-state index contributed by atoms with van der Waals surface area (Å²) >= 11 is 1.43. The van der Waals surface area contributed by atoms with Crippen LogP contribution >= 0.6 is 11.3 Å². The lowest BCUT2D eigenvalue weighted by Gasteiger charge is -2.31. The van der Waals surface area contributed by atoms with Crippen molar-refractivity contribution in [3.63, 3.8) is 0 Å². The Morgan fingerprint density at radius 2 is 2.25 bits per heavy atom. The number of rotatable bonds is 6. The number of piperidine rings is 1. The Morgan fingerprint density at radius 1 is 1.50 bits per heavy atom. The number of methoxy groups -OCH3 is 1. The average molecular weight is 298 g/mol. The topological polar surface area (TPSA) is 64.8 Å². The Morgan fingerprint density at radius 3 is 2.85 bits per heavy atom. The average Bonchev–Trinajstić information content (AvgIpc) is 2.96. The van der Waals surface area contributed by atoms with Gasteiger partial charge in [-0.05, 0) is 25.8 Å². The van der Waals surface area contributed by atoms with E-state index in [4.69, 9.17) is 15.2 Å². The molecule has 0 aromatic carbocycles. The molecule has 0 bridgehead atoms. The fourth-order valence-electron chi connectivity index (χ4n) is 2.25. The van der Waals surface area contributed by atoms with Crippen LogP contribution in [0.3, 0.4) is 0 Å². The first kappa shape index (κ1) is 15.3. The molecule has 2 N–H and O–H groups in total. The summed E-state index contributed by atoms with van der Waals surface area (Å²) in [5.41, 5.74) is 5.44. The van der Waals surface area contributed by atoms with Gasteiger partial charge in [0, 0.05) is 31.1 Å². The van der Waals surface area contributed by atoms with E-state index in [1.54, 1.807) is 13.2 Å². The van der Waals surface area contributed by atoms with Crippen LogP contribution in [-0.4, -0.2) is 50.3 Å². The Balaban J connectivity index is 1.79. The molecule has 1 aliphatic heterocycles. The molecule has 0 spiro atoms. The molecule has 0 radical (unpaired) electrons.